The Morgan fingerprint density at radius 1 is 1.14 bits per heavy atom. The second-order valence-electron chi connectivity index (χ2n) is 6.86. The van der Waals surface area contributed by atoms with Gasteiger partial charge in [0.1, 0.15) is 0 Å². The molecule has 2 aliphatic rings. The van der Waals surface area contributed by atoms with Gasteiger partial charge in [-0.15, -0.1) is 0 Å². The quantitative estimate of drug-likeness (QED) is 0.802. The van der Waals surface area contributed by atoms with E-state index in [9.17, 15) is 18.0 Å². The number of fused-ring (bicyclic) bond motifs is 1. The third-order valence-corrected chi connectivity index (χ3v) is 6.78. The average Bonchev–Trinajstić information content (AvgIpc) is 3.34. The minimum atomic E-state index is -3.29. The van der Waals surface area contributed by atoms with Gasteiger partial charge in [0.2, 0.25) is 18.6 Å². The molecule has 1 saturated heterocycles. The monoisotopic (exact) mass is 416 g/mol. The van der Waals surface area contributed by atoms with Crippen molar-refractivity contribution in [2.24, 2.45) is 5.92 Å². The summed E-state index contributed by atoms with van der Waals surface area (Å²) in [7, 11) is -3.29. The minimum absolute atomic E-state index is 0.0125. The number of amides is 2. The highest BCUT2D eigenvalue weighted by molar-refractivity contribution is 7.91. The molecule has 8 nitrogen and oxygen atoms in total. The Kier molecular flexibility index (Phi) is 4.91. The lowest BCUT2D eigenvalue weighted by molar-refractivity contribution is -0.122. The van der Waals surface area contributed by atoms with Crippen molar-refractivity contribution in [3.8, 4) is 11.5 Å². The predicted molar refractivity (Wildman–Crippen MR) is 106 cm³/mol. The van der Waals surface area contributed by atoms with Crippen LogP contribution in [0.2, 0.25) is 0 Å². The summed E-state index contributed by atoms with van der Waals surface area (Å²) in [5.74, 6) is 0.278. The van der Waals surface area contributed by atoms with Gasteiger partial charge in [-0.1, -0.05) is 6.92 Å². The van der Waals surface area contributed by atoms with Crippen LogP contribution >= 0.6 is 0 Å². The van der Waals surface area contributed by atoms with Gasteiger partial charge in [-0.3, -0.25) is 9.59 Å². The summed E-state index contributed by atoms with van der Waals surface area (Å²) in [5.41, 5.74) is 1.14. The normalized spacial score (nSPS) is 18.2. The van der Waals surface area contributed by atoms with E-state index in [-0.39, 0.29) is 42.2 Å². The molecule has 1 fully saturated rings. The van der Waals surface area contributed by atoms with Gasteiger partial charge in [0.25, 0.3) is 0 Å². The second kappa shape index (κ2) is 7.40. The van der Waals surface area contributed by atoms with Crippen molar-refractivity contribution in [1.29, 1.82) is 0 Å². The van der Waals surface area contributed by atoms with Crippen LogP contribution in [-0.4, -0.2) is 39.3 Å². The number of carbonyl (C=O) groups excluding carboxylic acids is 2. The Balaban J connectivity index is 1.43. The van der Waals surface area contributed by atoms with E-state index in [4.69, 9.17) is 9.47 Å². The molecule has 0 radical (unpaired) electrons. The second-order valence-corrected chi connectivity index (χ2v) is 9.14. The van der Waals surface area contributed by atoms with Crippen molar-refractivity contribution >= 4 is 33.0 Å². The number of hydrogen-bond donors (Lipinski definition) is 1. The third-order valence-electron chi connectivity index (χ3n) is 5.02. The number of anilines is 2. The molecule has 0 spiro atoms. The Hall–Kier alpha value is -3.07. The first-order chi connectivity index (χ1) is 13.9. The molecule has 29 heavy (non-hydrogen) atoms. The van der Waals surface area contributed by atoms with E-state index in [1.165, 1.54) is 12.1 Å². The maximum atomic E-state index is 12.6. The van der Waals surface area contributed by atoms with Crippen LogP contribution in [0.3, 0.4) is 0 Å². The van der Waals surface area contributed by atoms with E-state index >= 15 is 0 Å². The largest absolute Gasteiger partial charge is 0.454 e. The standard InChI is InChI=1S/C20H20N2O6S/c1-2-29(25,26)16-6-3-14(4-7-16)21-20(24)13-9-19(23)22(11-13)15-5-8-17-18(10-15)28-12-27-17/h3-8,10,13H,2,9,11-12H2,1H3,(H,21,24). The number of rotatable bonds is 5. The fraction of sp³-hybridized carbons (Fsp3) is 0.300. The molecule has 2 aliphatic heterocycles. The van der Waals surface area contributed by atoms with Crippen molar-refractivity contribution in [3.05, 3.63) is 42.5 Å². The van der Waals surface area contributed by atoms with E-state index in [2.05, 4.69) is 5.32 Å². The lowest BCUT2D eigenvalue weighted by atomic mass is 10.1. The first-order valence-electron chi connectivity index (χ1n) is 9.21. The van der Waals surface area contributed by atoms with Gasteiger partial charge in [0, 0.05) is 30.4 Å². The van der Waals surface area contributed by atoms with Crippen LogP contribution < -0.4 is 19.7 Å². The maximum Gasteiger partial charge on any atom is 0.231 e. The summed E-state index contributed by atoms with van der Waals surface area (Å²) in [5, 5.41) is 2.76. The lowest BCUT2D eigenvalue weighted by Crippen LogP contribution is -2.28. The van der Waals surface area contributed by atoms with E-state index in [1.54, 1.807) is 42.2 Å². The molecule has 2 amide bonds. The van der Waals surface area contributed by atoms with Crippen molar-refractivity contribution < 1.29 is 27.5 Å². The highest BCUT2D eigenvalue weighted by Crippen LogP contribution is 2.37. The fourth-order valence-corrected chi connectivity index (χ4v) is 4.23. The van der Waals surface area contributed by atoms with Crippen LogP contribution in [-0.2, 0) is 19.4 Å². The van der Waals surface area contributed by atoms with E-state index < -0.39 is 15.8 Å². The highest BCUT2D eigenvalue weighted by Gasteiger charge is 2.35. The Labute approximate surface area is 168 Å². The summed E-state index contributed by atoms with van der Waals surface area (Å²) < 4.78 is 34.4. The first kappa shape index (κ1) is 19.3. The molecule has 0 saturated carbocycles. The van der Waals surface area contributed by atoms with Crippen molar-refractivity contribution in [2.45, 2.75) is 18.2 Å². The molecule has 0 aromatic heterocycles. The molecule has 152 valence electrons. The van der Waals surface area contributed by atoms with Gasteiger partial charge in [0.05, 0.1) is 16.6 Å². The zero-order valence-electron chi connectivity index (χ0n) is 15.8. The van der Waals surface area contributed by atoms with E-state index in [0.29, 0.717) is 22.9 Å². The lowest BCUT2D eigenvalue weighted by Gasteiger charge is -2.17. The molecule has 0 aliphatic carbocycles. The van der Waals surface area contributed by atoms with Gasteiger partial charge in [0.15, 0.2) is 21.3 Å². The van der Waals surface area contributed by atoms with Gasteiger partial charge >= 0.3 is 0 Å². The summed E-state index contributed by atoms with van der Waals surface area (Å²) in [4.78, 5) is 26.8. The third kappa shape index (κ3) is 3.77. The van der Waals surface area contributed by atoms with E-state index in [0.717, 1.165) is 0 Å². The predicted octanol–water partition coefficient (Wildman–Crippen LogP) is 2.20. The Morgan fingerprint density at radius 2 is 1.86 bits per heavy atom. The number of benzene rings is 2. The SMILES string of the molecule is CCS(=O)(=O)c1ccc(NC(=O)C2CC(=O)N(c3ccc4c(c3)OCO4)C2)cc1. The molecule has 1 unspecified atom stereocenters. The molecular formula is C20H20N2O6S. The average molecular weight is 416 g/mol. The van der Waals surface area contributed by atoms with Crippen LogP contribution in [0, 0.1) is 5.92 Å². The summed E-state index contributed by atoms with van der Waals surface area (Å²) in [6, 6.07) is 11.3. The van der Waals surface area contributed by atoms with Crippen LogP contribution in [0.5, 0.6) is 11.5 Å². The minimum Gasteiger partial charge on any atom is -0.454 e. The smallest absolute Gasteiger partial charge is 0.231 e. The number of sulfone groups is 1. The van der Waals surface area contributed by atoms with Crippen molar-refractivity contribution in [1.82, 2.24) is 0 Å². The molecule has 1 N–H and O–H groups in total. The van der Waals surface area contributed by atoms with Gasteiger partial charge < -0.3 is 19.7 Å². The number of carbonyl (C=O) groups is 2. The van der Waals surface area contributed by atoms with Crippen molar-refractivity contribution in [2.75, 3.05) is 29.3 Å². The summed E-state index contributed by atoms with van der Waals surface area (Å²) in [6.45, 7) is 1.98. The Morgan fingerprint density at radius 3 is 2.59 bits per heavy atom. The van der Waals surface area contributed by atoms with Crippen LogP contribution in [0.4, 0.5) is 11.4 Å². The zero-order valence-corrected chi connectivity index (χ0v) is 16.6. The van der Waals surface area contributed by atoms with Gasteiger partial charge in [-0.2, -0.15) is 0 Å². The molecule has 0 bridgehead atoms. The highest BCUT2D eigenvalue weighted by atomic mass is 32.2. The molecule has 2 aromatic carbocycles. The van der Waals surface area contributed by atoms with Crippen LogP contribution in [0.1, 0.15) is 13.3 Å². The van der Waals surface area contributed by atoms with Crippen molar-refractivity contribution in [3.63, 3.8) is 0 Å². The van der Waals surface area contributed by atoms with Gasteiger partial charge in [-0.05, 0) is 36.4 Å². The summed E-state index contributed by atoms with van der Waals surface area (Å²) >= 11 is 0. The molecule has 1 atom stereocenters. The summed E-state index contributed by atoms with van der Waals surface area (Å²) in [6.07, 6.45) is 0.0998. The Bertz CT molecular complexity index is 1060. The molecule has 2 heterocycles. The van der Waals surface area contributed by atoms with E-state index in [1.807, 2.05) is 0 Å². The zero-order chi connectivity index (χ0) is 20.6. The molecule has 4 rings (SSSR count). The number of hydrogen-bond acceptors (Lipinski definition) is 6. The van der Waals surface area contributed by atoms with Crippen LogP contribution in [0.25, 0.3) is 0 Å². The molecule has 2 aromatic rings. The van der Waals surface area contributed by atoms with Crippen LogP contribution in [0.15, 0.2) is 47.4 Å². The fourth-order valence-electron chi connectivity index (χ4n) is 3.34. The number of nitrogens with one attached hydrogen (secondary N) is 1. The number of ether oxygens (including phenoxy) is 2. The topological polar surface area (TPSA) is 102 Å². The molecule has 9 heteroatoms. The molecular weight excluding hydrogens is 396 g/mol. The van der Waals surface area contributed by atoms with Gasteiger partial charge in [-0.25, -0.2) is 8.42 Å². The first-order valence-corrected chi connectivity index (χ1v) is 10.9. The maximum absolute atomic E-state index is 12.6. The number of nitrogens with zero attached hydrogens (tertiary/aromatic N) is 1.